The molecule has 0 aromatic carbocycles. The highest BCUT2D eigenvalue weighted by molar-refractivity contribution is 5.09. The van der Waals surface area contributed by atoms with Crippen LogP contribution in [-0.4, -0.2) is 78.6 Å². The lowest BCUT2D eigenvalue weighted by molar-refractivity contribution is 0.00400. The molecule has 4 nitrogen and oxygen atoms in total. The van der Waals surface area contributed by atoms with E-state index < -0.39 is 0 Å². The third kappa shape index (κ3) is 2.33. The van der Waals surface area contributed by atoms with E-state index in [-0.39, 0.29) is 0 Å². The van der Waals surface area contributed by atoms with Gasteiger partial charge in [0.1, 0.15) is 0 Å². The third-order valence-corrected chi connectivity index (χ3v) is 5.87. The molecule has 3 aliphatic rings. The maximum atomic E-state index is 6.29. The lowest BCUT2D eigenvalue weighted by Gasteiger charge is -2.50. The first-order valence-corrected chi connectivity index (χ1v) is 8.21. The van der Waals surface area contributed by atoms with Gasteiger partial charge in [0.05, 0.1) is 0 Å². The number of rotatable bonds is 3. The summed E-state index contributed by atoms with van der Waals surface area (Å²) in [6, 6.07) is 0.736. The van der Waals surface area contributed by atoms with E-state index in [1.54, 1.807) is 0 Å². The Morgan fingerprint density at radius 1 is 1.05 bits per heavy atom. The Labute approximate surface area is 117 Å². The number of hydrogen-bond donors (Lipinski definition) is 1. The van der Waals surface area contributed by atoms with Crippen LogP contribution in [0.3, 0.4) is 0 Å². The van der Waals surface area contributed by atoms with Crippen LogP contribution in [0.15, 0.2) is 0 Å². The van der Waals surface area contributed by atoms with Crippen molar-refractivity contribution in [2.75, 3.05) is 52.4 Å². The fourth-order valence-corrected chi connectivity index (χ4v) is 4.62. The Kier molecular flexibility index (Phi) is 4.13. The number of piperidine rings is 1. The topological polar surface area (TPSA) is 35.7 Å². The van der Waals surface area contributed by atoms with Crippen molar-refractivity contribution in [2.45, 2.75) is 44.2 Å². The average molecular weight is 266 g/mol. The van der Waals surface area contributed by atoms with Gasteiger partial charge in [-0.1, -0.05) is 13.3 Å². The molecule has 2 atom stereocenters. The Hall–Kier alpha value is -0.160. The second-order valence-corrected chi connectivity index (χ2v) is 6.53. The summed E-state index contributed by atoms with van der Waals surface area (Å²) in [7, 11) is 0. The zero-order chi connectivity index (χ0) is 13.3. The minimum absolute atomic E-state index is 0.292. The minimum Gasteiger partial charge on any atom is -0.329 e. The smallest absolute Gasteiger partial charge is 0.0499 e. The van der Waals surface area contributed by atoms with Gasteiger partial charge in [-0.25, -0.2) is 0 Å². The highest BCUT2D eigenvalue weighted by Gasteiger charge is 2.50. The van der Waals surface area contributed by atoms with E-state index >= 15 is 0 Å². The van der Waals surface area contributed by atoms with E-state index in [1.165, 1.54) is 71.5 Å². The van der Waals surface area contributed by atoms with Gasteiger partial charge in [-0.05, 0) is 32.4 Å². The molecule has 4 heteroatoms. The Morgan fingerprint density at radius 2 is 1.84 bits per heavy atom. The van der Waals surface area contributed by atoms with Crippen molar-refractivity contribution >= 4 is 0 Å². The summed E-state index contributed by atoms with van der Waals surface area (Å²) < 4.78 is 0. The Balaban J connectivity index is 1.72. The van der Waals surface area contributed by atoms with Crippen LogP contribution in [-0.2, 0) is 0 Å². The maximum absolute atomic E-state index is 6.29. The molecular weight excluding hydrogens is 236 g/mol. The molecule has 0 saturated carbocycles. The van der Waals surface area contributed by atoms with Gasteiger partial charge in [0.2, 0.25) is 0 Å². The number of nitrogens with zero attached hydrogens (tertiary/aromatic N) is 3. The number of fused-ring (bicyclic) bond motifs is 1. The molecule has 3 saturated heterocycles. The summed E-state index contributed by atoms with van der Waals surface area (Å²) in [6.45, 7) is 11.8. The van der Waals surface area contributed by atoms with Crippen LogP contribution in [0.5, 0.6) is 0 Å². The normalized spacial score (nSPS) is 38.5. The molecule has 2 N–H and O–H groups in total. The molecule has 0 bridgehead atoms. The van der Waals surface area contributed by atoms with Crippen LogP contribution in [0, 0.1) is 0 Å². The molecule has 3 aliphatic heterocycles. The number of nitrogens with two attached hydrogens (primary N) is 1. The molecule has 0 radical (unpaired) electrons. The maximum Gasteiger partial charge on any atom is 0.0499 e. The van der Waals surface area contributed by atoms with Gasteiger partial charge in [0, 0.05) is 50.8 Å². The van der Waals surface area contributed by atoms with Gasteiger partial charge < -0.3 is 10.6 Å². The van der Waals surface area contributed by atoms with Crippen molar-refractivity contribution in [2.24, 2.45) is 5.73 Å². The first-order valence-electron chi connectivity index (χ1n) is 8.21. The zero-order valence-corrected chi connectivity index (χ0v) is 12.5. The molecule has 2 unspecified atom stereocenters. The lowest BCUT2D eigenvalue weighted by atomic mass is 9.83. The van der Waals surface area contributed by atoms with E-state index in [1.807, 2.05) is 0 Å². The summed E-state index contributed by atoms with van der Waals surface area (Å²) in [6.07, 6.45) is 5.45. The van der Waals surface area contributed by atoms with Crippen molar-refractivity contribution in [3.63, 3.8) is 0 Å². The van der Waals surface area contributed by atoms with Gasteiger partial charge in [-0.3, -0.25) is 9.80 Å². The quantitative estimate of drug-likeness (QED) is 0.810. The monoisotopic (exact) mass is 266 g/mol. The fraction of sp³-hybridized carbons (Fsp3) is 1.00. The largest absolute Gasteiger partial charge is 0.329 e. The van der Waals surface area contributed by atoms with Gasteiger partial charge in [-0.15, -0.1) is 0 Å². The van der Waals surface area contributed by atoms with E-state index in [4.69, 9.17) is 5.73 Å². The van der Waals surface area contributed by atoms with Crippen LogP contribution >= 0.6 is 0 Å². The number of likely N-dealkylation sites (N-methyl/N-ethyl adjacent to an activating group) is 1. The van der Waals surface area contributed by atoms with Crippen molar-refractivity contribution in [1.29, 1.82) is 0 Å². The molecule has 0 aromatic rings. The Morgan fingerprint density at radius 3 is 2.53 bits per heavy atom. The minimum atomic E-state index is 0.292. The molecule has 0 aromatic heterocycles. The van der Waals surface area contributed by atoms with Crippen molar-refractivity contribution in [3.05, 3.63) is 0 Å². The summed E-state index contributed by atoms with van der Waals surface area (Å²) in [5.41, 5.74) is 6.58. The summed E-state index contributed by atoms with van der Waals surface area (Å²) >= 11 is 0. The third-order valence-electron chi connectivity index (χ3n) is 5.87. The summed E-state index contributed by atoms with van der Waals surface area (Å²) in [5.74, 6) is 0. The molecule has 19 heavy (non-hydrogen) atoms. The van der Waals surface area contributed by atoms with Crippen LogP contribution in [0.2, 0.25) is 0 Å². The van der Waals surface area contributed by atoms with Gasteiger partial charge in [-0.2, -0.15) is 0 Å². The molecule has 3 heterocycles. The van der Waals surface area contributed by atoms with Gasteiger partial charge >= 0.3 is 0 Å². The number of piperazine rings is 1. The highest BCUT2D eigenvalue weighted by Crippen LogP contribution is 2.39. The molecule has 0 aliphatic carbocycles. The molecule has 3 fully saturated rings. The van der Waals surface area contributed by atoms with E-state index in [0.717, 1.165) is 12.6 Å². The molecule has 0 amide bonds. The van der Waals surface area contributed by atoms with E-state index in [0.29, 0.717) is 5.54 Å². The van der Waals surface area contributed by atoms with E-state index in [9.17, 15) is 0 Å². The predicted octanol–water partition coefficient (Wildman–Crippen LogP) is 0.580. The fourth-order valence-electron chi connectivity index (χ4n) is 4.62. The lowest BCUT2D eigenvalue weighted by Crippen LogP contribution is -2.65. The first kappa shape index (κ1) is 13.8. The molecular formula is C15H30N4. The first-order chi connectivity index (χ1) is 9.30. The predicted molar refractivity (Wildman–Crippen MR) is 79.3 cm³/mol. The standard InChI is InChI=1S/C15H30N4/c1-2-17-9-11-19(12-10-17)15(13-16)6-8-18-7-4-3-5-14(15)18/h14H,2-13,16H2,1H3. The zero-order valence-electron chi connectivity index (χ0n) is 12.5. The second kappa shape index (κ2) is 5.68. The van der Waals surface area contributed by atoms with Crippen molar-refractivity contribution in [1.82, 2.24) is 14.7 Å². The summed E-state index contributed by atoms with van der Waals surface area (Å²) in [4.78, 5) is 8.03. The van der Waals surface area contributed by atoms with Crippen LogP contribution in [0.25, 0.3) is 0 Å². The van der Waals surface area contributed by atoms with Crippen molar-refractivity contribution < 1.29 is 0 Å². The highest BCUT2D eigenvalue weighted by atomic mass is 15.4. The van der Waals surface area contributed by atoms with Crippen LogP contribution in [0.4, 0.5) is 0 Å². The molecule has 0 spiro atoms. The van der Waals surface area contributed by atoms with Gasteiger partial charge in [0.15, 0.2) is 0 Å². The van der Waals surface area contributed by atoms with Crippen LogP contribution in [0.1, 0.15) is 32.6 Å². The number of hydrogen-bond acceptors (Lipinski definition) is 4. The summed E-state index contributed by atoms with van der Waals surface area (Å²) in [5, 5.41) is 0. The molecule has 3 rings (SSSR count). The van der Waals surface area contributed by atoms with Crippen molar-refractivity contribution in [3.8, 4) is 0 Å². The van der Waals surface area contributed by atoms with E-state index in [2.05, 4.69) is 21.6 Å². The SMILES string of the molecule is CCN1CCN(C2(CN)CCN3CCCCC32)CC1. The average Bonchev–Trinajstić information content (AvgIpc) is 2.87. The molecule has 110 valence electrons. The van der Waals surface area contributed by atoms with Gasteiger partial charge in [0.25, 0.3) is 0 Å². The van der Waals surface area contributed by atoms with Crippen LogP contribution < -0.4 is 5.73 Å². The Bertz CT molecular complexity index is 301. The second-order valence-electron chi connectivity index (χ2n) is 6.53.